The van der Waals surface area contributed by atoms with Gasteiger partial charge in [-0.2, -0.15) is 0 Å². The van der Waals surface area contributed by atoms with E-state index in [-0.39, 0.29) is 12.5 Å². The third-order valence-electron chi connectivity index (χ3n) is 2.11. The number of aliphatic imine (C=N–C) groups is 1. The summed E-state index contributed by atoms with van der Waals surface area (Å²) < 4.78 is 5.20. The van der Waals surface area contributed by atoms with Gasteiger partial charge in [0.25, 0.3) is 0 Å². The van der Waals surface area contributed by atoms with Gasteiger partial charge >= 0.3 is 0 Å². The van der Waals surface area contributed by atoms with Crippen molar-refractivity contribution >= 4 is 11.9 Å². The molecule has 6 nitrogen and oxygen atoms in total. The van der Waals surface area contributed by atoms with E-state index in [1.54, 1.807) is 6.26 Å². The van der Waals surface area contributed by atoms with E-state index in [2.05, 4.69) is 20.9 Å². The van der Waals surface area contributed by atoms with Crippen LogP contribution >= 0.6 is 0 Å². The Hall–Kier alpha value is -1.98. The van der Waals surface area contributed by atoms with Crippen molar-refractivity contribution in [1.82, 2.24) is 16.0 Å². The molecule has 0 bridgehead atoms. The maximum atomic E-state index is 11.3. The van der Waals surface area contributed by atoms with E-state index in [9.17, 15) is 4.79 Å². The largest absolute Gasteiger partial charge is 0.467 e. The number of amides is 1. The molecular formula is C12H20N4O2. The molecule has 1 aromatic rings. The Morgan fingerprint density at radius 2 is 2.06 bits per heavy atom. The van der Waals surface area contributed by atoms with E-state index in [0.717, 1.165) is 12.3 Å². The second-order valence-electron chi connectivity index (χ2n) is 3.58. The lowest BCUT2D eigenvalue weighted by Gasteiger charge is -2.09. The van der Waals surface area contributed by atoms with Gasteiger partial charge in [0.15, 0.2) is 5.96 Å². The predicted octanol–water partition coefficient (Wildman–Crippen LogP) is 0.471. The molecule has 0 spiro atoms. The van der Waals surface area contributed by atoms with Gasteiger partial charge in [0, 0.05) is 13.1 Å². The van der Waals surface area contributed by atoms with Crippen molar-refractivity contribution in [2.24, 2.45) is 4.99 Å². The van der Waals surface area contributed by atoms with Crippen molar-refractivity contribution in [3.8, 4) is 0 Å². The summed E-state index contributed by atoms with van der Waals surface area (Å²) in [5, 5.41) is 8.84. The first-order chi connectivity index (χ1) is 8.76. The number of guanidine groups is 1. The Morgan fingerprint density at radius 1 is 1.28 bits per heavy atom. The summed E-state index contributed by atoms with van der Waals surface area (Å²) in [6.45, 7) is 5.85. The summed E-state index contributed by atoms with van der Waals surface area (Å²) in [6.07, 6.45) is 1.62. The summed E-state index contributed by atoms with van der Waals surface area (Å²) in [5.74, 6) is 1.33. The molecule has 0 aliphatic carbocycles. The molecule has 1 amide bonds. The number of rotatable bonds is 6. The SMILES string of the molecule is CCNC(=O)CN=C(NCC)NCc1ccco1. The van der Waals surface area contributed by atoms with Crippen LogP contribution in [0.15, 0.2) is 27.8 Å². The lowest BCUT2D eigenvalue weighted by Crippen LogP contribution is -2.38. The lowest BCUT2D eigenvalue weighted by atomic mass is 10.4. The van der Waals surface area contributed by atoms with Gasteiger partial charge in [-0.05, 0) is 26.0 Å². The summed E-state index contributed by atoms with van der Waals surface area (Å²) in [6, 6.07) is 3.70. The van der Waals surface area contributed by atoms with Crippen LogP contribution in [-0.2, 0) is 11.3 Å². The fraction of sp³-hybridized carbons (Fsp3) is 0.500. The van der Waals surface area contributed by atoms with Gasteiger partial charge in [-0.1, -0.05) is 0 Å². The fourth-order valence-electron chi connectivity index (χ4n) is 1.33. The van der Waals surface area contributed by atoms with Gasteiger partial charge in [0.2, 0.25) is 5.91 Å². The number of nitrogens with zero attached hydrogens (tertiary/aromatic N) is 1. The highest BCUT2D eigenvalue weighted by Gasteiger charge is 2.01. The first kappa shape index (κ1) is 14.1. The topological polar surface area (TPSA) is 78.7 Å². The minimum absolute atomic E-state index is 0.0901. The Bertz CT molecular complexity index is 373. The van der Waals surface area contributed by atoms with Crippen LogP contribution in [-0.4, -0.2) is 31.5 Å². The van der Waals surface area contributed by atoms with Crippen molar-refractivity contribution in [3.05, 3.63) is 24.2 Å². The lowest BCUT2D eigenvalue weighted by molar-refractivity contribution is -0.119. The first-order valence-corrected chi connectivity index (χ1v) is 6.07. The van der Waals surface area contributed by atoms with Gasteiger partial charge in [-0.25, -0.2) is 4.99 Å². The molecule has 0 unspecified atom stereocenters. The predicted molar refractivity (Wildman–Crippen MR) is 70.2 cm³/mol. The quantitative estimate of drug-likeness (QED) is 0.508. The number of carbonyl (C=O) groups excluding carboxylic acids is 1. The monoisotopic (exact) mass is 252 g/mol. The number of hydrogen-bond donors (Lipinski definition) is 3. The maximum Gasteiger partial charge on any atom is 0.241 e. The van der Waals surface area contributed by atoms with Crippen LogP contribution in [0.25, 0.3) is 0 Å². The van der Waals surface area contributed by atoms with Crippen molar-refractivity contribution < 1.29 is 9.21 Å². The maximum absolute atomic E-state index is 11.3. The third-order valence-corrected chi connectivity index (χ3v) is 2.11. The van der Waals surface area contributed by atoms with Crippen LogP contribution in [0, 0.1) is 0 Å². The molecule has 1 aromatic heterocycles. The highest BCUT2D eigenvalue weighted by Crippen LogP contribution is 1.98. The van der Waals surface area contributed by atoms with Crippen molar-refractivity contribution in [3.63, 3.8) is 0 Å². The molecule has 6 heteroatoms. The number of hydrogen-bond acceptors (Lipinski definition) is 3. The van der Waals surface area contributed by atoms with E-state index >= 15 is 0 Å². The zero-order valence-corrected chi connectivity index (χ0v) is 10.8. The van der Waals surface area contributed by atoms with Gasteiger partial charge in [0.05, 0.1) is 12.8 Å². The van der Waals surface area contributed by atoms with E-state index < -0.39 is 0 Å². The van der Waals surface area contributed by atoms with Gasteiger partial charge in [-0.15, -0.1) is 0 Å². The first-order valence-electron chi connectivity index (χ1n) is 6.07. The summed E-state index contributed by atoms with van der Waals surface area (Å²) in [5.41, 5.74) is 0. The minimum atomic E-state index is -0.0901. The summed E-state index contributed by atoms with van der Waals surface area (Å²) >= 11 is 0. The van der Waals surface area contributed by atoms with Crippen LogP contribution in [0.1, 0.15) is 19.6 Å². The second-order valence-corrected chi connectivity index (χ2v) is 3.58. The highest BCUT2D eigenvalue weighted by molar-refractivity contribution is 5.84. The molecular weight excluding hydrogens is 232 g/mol. The summed E-state index contributed by atoms with van der Waals surface area (Å²) in [4.78, 5) is 15.5. The molecule has 1 heterocycles. The highest BCUT2D eigenvalue weighted by atomic mass is 16.3. The van der Waals surface area contributed by atoms with Crippen molar-refractivity contribution in [2.75, 3.05) is 19.6 Å². The van der Waals surface area contributed by atoms with E-state index in [4.69, 9.17) is 4.42 Å². The third kappa shape index (κ3) is 5.38. The Morgan fingerprint density at radius 3 is 2.67 bits per heavy atom. The van der Waals surface area contributed by atoms with Crippen LogP contribution in [0.2, 0.25) is 0 Å². The van der Waals surface area contributed by atoms with Crippen LogP contribution < -0.4 is 16.0 Å². The van der Waals surface area contributed by atoms with E-state index in [1.807, 2.05) is 26.0 Å². The van der Waals surface area contributed by atoms with Crippen LogP contribution in [0.4, 0.5) is 0 Å². The molecule has 0 saturated carbocycles. The molecule has 100 valence electrons. The molecule has 3 N–H and O–H groups in total. The smallest absolute Gasteiger partial charge is 0.241 e. The number of nitrogens with one attached hydrogen (secondary N) is 3. The Kier molecular flexibility index (Phi) is 6.38. The molecule has 0 aliphatic heterocycles. The molecule has 0 aliphatic rings. The fourth-order valence-corrected chi connectivity index (χ4v) is 1.33. The van der Waals surface area contributed by atoms with E-state index in [0.29, 0.717) is 19.0 Å². The van der Waals surface area contributed by atoms with E-state index in [1.165, 1.54) is 0 Å². The van der Waals surface area contributed by atoms with Gasteiger partial charge in [-0.3, -0.25) is 4.79 Å². The standard InChI is InChI=1S/C12H20N4O2/c1-3-13-11(17)9-16-12(14-4-2)15-8-10-6-5-7-18-10/h5-7H,3-4,8-9H2,1-2H3,(H,13,17)(H2,14,15,16). The van der Waals surface area contributed by atoms with Crippen LogP contribution in [0.3, 0.4) is 0 Å². The molecule has 0 aromatic carbocycles. The average Bonchev–Trinajstić information content (AvgIpc) is 2.86. The summed E-state index contributed by atoms with van der Waals surface area (Å²) in [7, 11) is 0. The Balaban J connectivity index is 2.42. The molecule has 0 fully saturated rings. The molecule has 0 atom stereocenters. The van der Waals surface area contributed by atoms with Gasteiger partial charge in [0.1, 0.15) is 12.3 Å². The minimum Gasteiger partial charge on any atom is -0.467 e. The second kappa shape index (κ2) is 8.16. The average molecular weight is 252 g/mol. The Labute approximate surface area is 107 Å². The van der Waals surface area contributed by atoms with Crippen molar-refractivity contribution in [1.29, 1.82) is 0 Å². The molecule has 0 saturated heterocycles. The molecule has 0 radical (unpaired) electrons. The zero-order valence-electron chi connectivity index (χ0n) is 10.8. The van der Waals surface area contributed by atoms with Gasteiger partial charge < -0.3 is 20.4 Å². The number of furan rings is 1. The number of likely N-dealkylation sites (N-methyl/N-ethyl adjacent to an activating group) is 1. The zero-order chi connectivity index (χ0) is 13.2. The number of carbonyl (C=O) groups is 1. The molecule has 18 heavy (non-hydrogen) atoms. The normalized spacial score (nSPS) is 11.1. The van der Waals surface area contributed by atoms with Crippen LogP contribution in [0.5, 0.6) is 0 Å². The van der Waals surface area contributed by atoms with Crippen molar-refractivity contribution in [2.45, 2.75) is 20.4 Å². The molecule has 1 rings (SSSR count).